The van der Waals surface area contributed by atoms with E-state index in [2.05, 4.69) is 41.3 Å². The van der Waals surface area contributed by atoms with E-state index < -0.39 is 0 Å². The molecule has 0 saturated heterocycles. The number of carbonyl (C=O) groups is 1. The second-order valence-electron chi connectivity index (χ2n) is 7.44. The Bertz CT molecular complexity index is 782. The van der Waals surface area contributed by atoms with Crippen LogP contribution in [0.15, 0.2) is 30.3 Å². The van der Waals surface area contributed by atoms with Crippen LogP contribution in [0.1, 0.15) is 67.2 Å². The van der Waals surface area contributed by atoms with Crippen molar-refractivity contribution in [1.82, 2.24) is 15.3 Å². The van der Waals surface area contributed by atoms with E-state index in [-0.39, 0.29) is 11.9 Å². The minimum Gasteiger partial charge on any atom is -0.348 e. The van der Waals surface area contributed by atoms with Crippen molar-refractivity contribution in [3.05, 3.63) is 47.3 Å². The Morgan fingerprint density at radius 1 is 1.11 bits per heavy atom. The van der Waals surface area contributed by atoms with E-state index in [1.54, 1.807) is 6.07 Å². The molecule has 0 unspecified atom stereocenters. The van der Waals surface area contributed by atoms with Gasteiger partial charge in [0, 0.05) is 24.0 Å². The molecule has 0 spiro atoms. The topological polar surface area (TPSA) is 58.1 Å². The molecule has 1 aromatic heterocycles. The van der Waals surface area contributed by atoms with Crippen LogP contribution in [0.5, 0.6) is 0 Å². The first kappa shape index (κ1) is 19.3. The number of aryl methyl sites for hydroxylation is 2. The molecule has 0 atom stereocenters. The molecule has 1 N–H and O–H groups in total. The monoisotopic (exact) mass is 366 g/mol. The lowest BCUT2D eigenvalue weighted by atomic mass is 10.1. The van der Waals surface area contributed by atoms with Crippen molar-refractivity contribution in [3.63, 3.8) is 0 Å². The molecule has 1 fully saturated rings. The molecule has 5 nitrogen and oxygen atoms in total. The smallest absolute Gasteiger partial charge is 0.270 e. The summed E-state index contributed by atoms with van der Waals surface area (Å²) >= 11 is 0. The molecule has 1 aliphatic carbocycles. The molecule has 0 bridgehead atoms. The average molecular weight is 367 g/mol. The Balaban J connectivity index is 1.83. The van der Waals surface area contributed by atoms with Gasteiger partial charge in [-0.2, -0.15) is 0 Å². The minimum atomic E-state index is -0.0889. The van der Waals surface area contributed by atoms with Gasteiger partial charge in [-0.3, -0.25) is 4.79 Å². The molecule has 3 rings (SSSR count). The third-order valence-electron chi connectivity index (χ3n) is 5.14. The Labute approximate surface area is 162 Å². The van der Waals surface area contributed by atoms with E-state index in [1.807, 2.05) is 24.0 Å². The first-order chi connectivity index (χ1) is 13.1. The molecule has 1 saturated carbocycles. The zero-order valence-corrected chi connectivity index (χ0v) is 16.7. The van der Waals surface area contributed by atoms with Crippen LogP contribution in [0.2, 0.25) is 0 Å². The molecule has 1 aromatic carbocycles. The van der Waals surface area contributed by atoms with Crippen molar-refractivity contribution in [2.75, 3.05) is 11.4 Å². The van der Waals surface area contributed by atoms with Gasteiger partial charge >= 0.3 is 0 Å². The quantitative estimate of drug-likeness (QED) is 0.779. The van der Waals surface area contributed by atoms with E-state index in [0.717, 1.165) is 30.8 Å². The van der Waals surface area contributed by atoms with Crippen LogP contribution >= 0.6 is 0 Å². The largest absolute Gasteiger partial charge is 0.348 e. The summed E-state index contributed by atoms with van der Waals surface area (Å²) in [5.74, 6) is 0.489. The van der Waals surface area contributed by atoms with Gasteiger partial charge in [0.15, 0.2) is 0 Å². The third-order valence-corrected chi connectivity index (χ3v) is 5.14. The summed E-state index contributed by atoms with van der Waals surface area (Å²) in [6.45, 7) is 6.79. The van der Waals surface area contributed by atoms with Gasteiger partial charge in [0.05, 0.1) is 0 Å². The normalized spacial score (nSPS) is 15.2. The van der Waals surface area contributed by atoms with E-state index in [9.17, 15) is 4.79 Å². The predicted molar refractivity (Wildman–Crippen MR) is 110 cm³/mol. The molecule has 1 heterocycles. The van der Waals surface area contributed by atoms with Gasteiger partial charge in [-0.25, -0.2) is 9.97 Å². The Morgan fingerprint density at radius 3 is 2.52 bits per heavy atom. The lowest BCUT2D eigenvalue weighted by Crippen LogP contribution is -2.35. The fraction of sp³-hybridized carbons (Fsp3) is 0.500. The first-order valence-corrected chi connectivity index (χ1v) is 10.1. The molecule has 1 amide bonds. The van der Waals surface area contributed by atoms with Crippen molar-refractivity contribution in [2.24, 2.45) is 0 Å². The maximum absolute atomic E-state index is 12.8. The van der Waals surface area contributed by atoms with Crippen molar-refractivity contribution < 1.29 is 4.79 Å². The summed E-state index contributed by atoms with van der Waals surface area (Å²) < 4.78 is 0. The van der Waals surface area contributed by atoms with Gasteiger partial charge in [0.2, 0.25) is 5.95 Å². The zero-order chi connectivity index (χ0) is 19.2. The van der Waals surface area contributed by atoms with Gasteiger partial charge in [-0.1, -0.05) is 37.8 Å². The molecule has 2 aromatic rings. The van der Waals surface area contributed by atoms with Crippen LogP contribution in [0, 0.1) is 13.8 Å². The van der Waals surface area contributed by atoms with Gasteiger partial charge in [0.1, 0.15) is 5.69 Å². The SMILES string of the molecule is CCN(c1cccc(C)c1)c1nc(C)cc(C(=O)NC2CCCCCC2)n1. The number of rotatable bonds is 5. The highest BCUT2D eigenvalue weighted by atomic mass is 16.1. The summed E-state index contributed by atoms with van der Waals surface area (Å²) in [4.78, 5) is 24.0. The van der Waals surface area contributed by atoms with Crippen molar-refractivity contribution in [1.29, 1.82) is 0 Å². The van der Waals surface area contributed by atoms with Gasteiger partial charge in [0.25, 0.3) is 5.91 Å². The fourth-order valence-electron chi connectivity index (χ4n) is 3.71. The highest BCUT2D eigenvalue weighted by molar-refractivity contribution is 5.93. The Hall–Kier alpha value is -2.43. The summed E-state index contributed by atoms with van der Waals surface area (Å²) in [6.07, 6.45) is 7.04. The molecule has 144 valence electrons. The molecule has 1 aliphatic rings. The van der Waals surface area contributed by atoms with Crippen LogP contribution < -0.4 is 10.2 Å². The molecule has 27 heavy (non-hydrogen) atoms. The lowest BCUT2D eigenvalue weighted by Gasteiger charge is -2.22. The highest BCUT2D eigenvalue weighted by Crippen LogP contribution is 2.23. The third kappa shape index (κ3) is 5.06. The fourth-order valence-corrected chi connectivity index (χ4v) is 3.71. The van der Waals surface area contributed by atoms with Crippen molar-refractivity contribution in [3.8, 4) is 0 Å². The molecule has 5 heteroatoms. The molecular weight excluding hydrogens is 336 g/mol. The van der Waals surface area contributed by atoms with Crippen LogP contribution in [0.4, 0.5) is 11.6 Å². The number of hydrogen-bond acceptors (Lipinski definition) is 4. The van der Waals surface area contributed by atoms with Crippen LogP contribution in [-0.2, 0) is 0 Å². The predicted octanol–water partition coefficient (Wildman–Crippen LogP) is 4.70. The first-order valence-electron chi connectivity index (χ1n) is 10.1. The van der Waals surface area contributed by atoms with Gasteiger partial charge in [-0.05, 0) is 57.4 Å². The number of benzene rings is 1. The number of aromatic nitrogens is 2. The number of nitrogens with one attached hydrogen (secondary N) is 1. The number of hydrogen-bond donors (Lipinski definition) is 1. The highest BCUT2D eigenvalue weighted by Gasteiger charge is 2.19. The summed E-state index contributed by atoms with van der Waals surface area (Å²) in [6, 6.07) is 10.3. The van der Waals surface area contributed by atoms with E-state index >= 15 is 0 Å². The van der Waals surface area contributed by atoms with Crippen LogP contribution in [0.25, 0.3) is 0 Å². The van der Waals surface area contributed by atoms with Crippen LogP contribution in [0.3, 0.4) is 0 Å². The summed E-state index contributed by atoms with van der Waals surface area (Å²) in [5.41, 5.74) is 3.48. The Morgan fingerprint density at radius 2 is 1.85 bits per heavy atom. The zero-order valence-electron chi connectivity index (χ0n) is 16.7. The number of carbonyl (C=O) groups excluding carboxylic acids is 1. The average Bonchev–Trinajstić information content (AvgIpc) is 2.91. The van der Waals surface area contributed by atoms with E-state index in [1.165, 1.54) is 31.2 Å². The summed E-state index contributed by atoms with van der Waals surface area (Å²) in [7, 11) is 0. The van der Waals surface area contributed by atoms with Crippen molar-refractivity contribution >= 4 is 17.5 Å². The van der Waals surface area contributed by atoms with Gasteiger partial charge in [-0.15, -0.1) is 0 Å². The number of amides is 1. The number of nitrogens with zero attached hydrogens (tertiary/aromatic N) is 3. The maximum Gasteiger partial charge on any atom is 0.270 e. The minimum absolute atomic E-state index is 0.0889. The molecular formula is C22H30N4O. The van der Waals surface area contributed by atoms with Crippen LogP contribution in [-0.4, -0.2) is 28.5 Å². The molecule has 0 radical (unpaired) electrons. The number of anilines is 2. The second-order valence-corrected chi connectivity index (χ2v) is 7.44. The van der Waals surface area contributed by atoms with Gasteiger partial charge < -0.3 is 10.2 Å². The van der Waals surface area contributed by atoms with Crippen molar-refractivity contribution in [2.45, 2.75) is 65.3 Å². The van der Waals surface area contributed by atoms with E-state index in [0.29, 0.717) is 11.6 Å². The second kappa shape index (κ2) is 8.98. The van der Waals surface area contributed by atoms with E-state index in [4.69, 9.17) is 0 Å². The lowest BCUT2D eigenvalue weighted by molar-refractivity contribution is 0.0928. The maximum atomic E-state index is 12.8. The summed E-state index contributed by atoms with van der Waals surface area (Å²) in [5, 5.41) is 3.19. The standard InChI is InChI=1S/C22H30N4O/c1-4-26(19-13-9-10-16(2)14-19)22-23-17(3)15-20(25-22)21(27)24-18-11-7-5-6-8-12-18/h9-10,13-15,18H,4-8,11-12H2,1-3H3,(H,24,27). The molecule has 0 aliphatic heterocycles. The Kier molecular flexibility index (Phi) is 6.43.